The maximum atomic E-state index is 13.7. The molecule has 0 atom stereocenters. The summed E-state index contributed by atoms with van der Waals surface area (Å²) in [6, 6.07) is 10.4. The molecule has 0 bridgehead atoms. The van der Waals surface area contributed by atoms with E-state index in [4.69, 9.17) is 16.3 Å². The summed E-state index contributed by atoms with van der Waals surface area (Å²) in [5.74, 6) is -1.70. The first-order valence-electron chi connectivity index (χ1n) is 10.7. The van der Waals surface area contributed by atoms with Crippen LogP contribution in [0.4, 0.5) is 8.78 Å². The van der Waals surface area contributed by atoms with Crippen LogP contribution in [-0.2, 0) is 11.3 Å². The van der Waals surface area contributed by atoms with Crippen molar-refractivity contribution in [3.8, 4) is 5.75 Å². The van der Waals surface area contributed by atoms with Crippen LogP contribution >= 0.6 is 11.6 Å². The number of amides is 1. The normalized spacial score (nSPS) is 11.4. The predicted molar refractivity (Wildman–Crippen MR) is 133 cm³/mol. The predicted octanol–water partition coefficient (Wildman–Crippen LogP) is 4.24. The number of hydrogen-bond donors (Lipinski definition) is 1. The second kappa shape index (κ2) is 13.5. The Kier molecular flexibility index (Phi) is 10.7. The zero-order valence-corrected chi connectivity index (χ0v) is 20.5. The summed E-state index contributed by atoms with van der Waals surface area (Å²) < 4.78 is 32.9. The van der Waals surface area contributed by atoms with E-state index in [-0.39, 0.29) is 31.5 Å². The summed E-state index contributed by atoms with van der Waals surface area (Å²) >= 11 is 6.03. The Morgan fingerprint density at radius 3 is 2.43 bits per heavy atom. The third-order valence-corrected chi connectivity index (χ3v) is 5.37. The molecule has 0 aliphatic heterocycles. The summed E-state index contributed by atoms with van der Waals surface area (Å²) in [4.78, 5) is 20.5. The van der Waals surface area contributed by atoms with Gasteiger partial charge < -0.3 is 24.5 Å². The summed E-state index contributed by atoms with van der Waals surface area (Å²) in [5, 5.41) is 9.81. The lowest BCUT2D eigenvalue weighted by atomic mass is 10.2. The topological polar surface area (TPSA) is 68.6 Å². The molecule has 7 nitrogen and oxygen atoms in total. The molecular weight excluding hydrogens is 478 g/mol. The van der Waals surface area contributed by atoms with Gasteiger partial charge in [0.2, 0.25) is 6.41 Å². The van der Waals surface area contributed by atoms with Crippen LogP contribution < -0.4 is 4.74 Å². The Morgan fingerprint density at radius 2 is 1.86 bits per heavy atom. The van der Waals surface area contributed by atoms with Gasteiger partial charge in [0, 0.05) is 44.9 Å². The van der Waals surface area contributed by atoms with Crippen LogP contribution in [0.3, 0.4) is 0 Å². The van der Waals surface area contributed by atoms with Crippen LogP contribution in [0.25, 0.3) is 0 Å². The van der Waals surface area contributed by atoms with Crippen LogP contribution in [0.5, 0.6) is 5.75 Å². The molecule has 0 saturated carbocycles. The number of aliphatic hydroxyl groups is 1. The van der Waals surface area contributed by atoms with Gasteiger partial charge in [0.25, 0.3) is 0 Å². The average molecular weight is 507 g/mol. The fraction of sp³-hybridized carbons (Fsp3) is 0.280. The van der Waals surface area contributed by atoms with Crippen molar-refractivity contribution in [3.05, 3.63) is 88.5 Å². The first-order valence-corrected chi connectivity index (χ1v) is 11.1. The van der Waals surface area contributed by atoms with Gasteiger partial charge in [-0.05, 0) is 43.0 Å². The van der Waals surface area contributed by atoms with Gasteiger partial charge >= 0.3 is 0 Å². The van der Waals surface area contributed by atoms with Crippen LogP contribution in [0.15, 0.2) is 71.3 Å². The Bertz CT molecular complexity index is 1060. The second-order valence-electron chi connectivity index (χ2n) is 7.67. The zero-order chi connectivity index (χ0) is 26.0. The van der Waals surface area contributed by atoms with E-state index in [1.54, 1.807) is 24.1 Å². The van der Waals surface area contributed by atoms with Crippen molar-refractivity contribution in [1.82, 2.24) is 14.7 Å². The second-order valence-corrected chi connectivity index (χ2v) is 8.10. The third kappa shape index (κ3) is 7.80. The number of ether oxygens (including phenoxy) is 1. The van der Waals surface area contributed by atoms with Gasteiger partial charge in [0.15, 0.2) is 24.2 Å². The highest BCUT2D eigenvalue weighted by Crippen LogP contribution is 2.27. The maximum absolute atomic E-state index is 13.7. The highest BCUT2D eigenvalue weighted by atomic mass is 35.5. The monoisotopic (exact) mass is 506 g/mol. The van der Waals surface area contributed by atoms with Gasteiger partial charge in [-0.15, -0.1) is 0 Å². The lowest BCUT2D eigenvalue weighted by Crippen LogP contribution is -2.35. The molecule has 2 aromatic carbocycles. The van der Waals surface area contributed by atoms with Crippen LogP contribution in [0.1, 0.15) is 12.0 Å². The number of carbonyl (C=O) groups is 1. The highest BCUT2D eigenvalue weighted by molar-refractivity contribution is 6.30. The van der Waals surface area contributed by atoms with Gasteiger partial charge in [0.1, 0.15) is 11.4 Å². The summed E-state index contributed by atoms with van der Waals surface area (Å²) in [6.45, 7) is 8.41. The Balaban J connectivity index is 2.54. The molecule has 2 rings (SSSR count). The molecule has 35 heavy (non-hydrogen) atoms. The Morgan fingerprint density at radius 1 is 1.17 bits per heavy atom. The molecule has 0 aliphatic rings. The smallest absolute Gasteiger partial charge is 0.215 e. The molecule has 0 spiro atoms. The van der Waals surface area contributed by atoms with Gasteiger partial charge in [-0.25, -0.2) is 13.8 Å². The van der Waals surface area contributed by atoms with E-state index in [9.17, 15) is 18.7 Å². The lowest BCUT2D eigenvalue weighted by Gasteiger charge is -2.34. The Hall–Kier alpha value is -3.43. The number of aliphatic imine (C=N–C) groups is 1. The minimum Gasteiger partial charge on any atom is -0.473 e. The fourth-order valence-corrected chi connectivity index (χ4v) is 3.32. The van der Waals surface area contributed by atoms with Crippen molar-refractivity contribution in [3.63, 3.8) is 0 Å². The van der Waals surface area contributed by atoms with E-state index in [0.29, 0.717) is 35.8 Å². The maximum Gasteiger partial charge on any atom is 0.215 e. The van der Waals surface area contributed by atoms with Crippen molar-refractivity contribution in [1.29, 1.82) is 0 Å². The van der Waals surface area contributed by atoms with E-state index in [1.807, 2.05) is 17.0 Å². The van der Waals surface area contributed by atoms with Crippen molar-refractivity contribution in [2.45, 2.75) is 13.0 Å². The lowest BCUT2D eigenvalue weighted by molar-refractivity contribution is -0.115. The largest absolute Gasteiger partial charge is 0.473 e. The Labute approximate surface area is 209 Å². The average Bonchev–Trinajstić information content (AvgIpc) is 2.86. The molecule has 0 aromatic heterocycles. The molecule has 10 heteroatoms. The van der Waals surface area contributed by atoms with E-state index in [0.717, 1.165) is 17.7 Å². The van der Waals surface area contributed by atoms with Crippen molar-refractivity contribution in [2.75, 3.05) is 34.0 Å². The van der Waals surface area contributed by atoms with E-state index >= 15 is 0 Å². The number of nitrogens with zero attached hydrogens (tertiary/aromatic N) is 4. The molecule has 1 amide bonds. The SMILES string of the molecule is C=N/C(=C(/C(=C)N(C)CCCO)N(COc1ccc(F)c(F)c1)Cc1ccc(Cl)cc1)N(C)C=O. The van der Waals surface area contributed by atoms with E-state index in [1.165, 1.54) is 18.0 Å². The van der Waals surface area contributed by atoms with E-state index in [2.05, 4.69) is 18.3 Å². The molecule has 0 radical (unpaired) electrons. The first kappa shape index (κ1) is 27.8. The minimum atomic E-state index is -1.04. The van der Waals surface area contributed by atoms with Crippen molar-refractivity contribution < 1.29 is 23.4 Å². The quantitative estimate of drug-likeness (QED) is 0.180. The zero-order valence-electron chi connectivity index (χ0n) is 19.8. The summed E-state index contributed by atoms with van der Waals surface area (Å²) in [6.07, 6.45) is 1.08. The number of halogens is 3. The van der Waals surface area contributed by atoms with Crippen LogP contribution in [-0.4, -0.2) is 66.9 Å². The third-order valence-electron chi connectivity index (χ3n) is 5.12. The number of benzene rings is 2. The molecule has 0 heterocycles. The summed E-state index contributed by atoms with van der Waals surface area (Å²) in [7, 11) is 3.31. The number of aliphatic hydroxyl groups excluding tert-OH is 1. The first-order chi connectivity index (χ1) is 16.7. The molecule has 2 aromatic rings. The molecule has 0 aliphatic carbocycles. The van der Waals surface area contributed by atoms with Crippen molar-refractivity contribution >= 4 is 24.7 Å². The highest BCUT2D eigenvalue weighted by Gasteiger charge is 2.24. The standard InChI is InChI=1S/C25H29ClF2N4O3/c1-18(30(3)12-5-13-33)24(25(29-2)31(4)16-34)32(15-19-6-8-20(26)9-7-19)17-35-21-10-11-22(27)23(28)14-21/h6-11,14,16,33H,1-2,5,12-13,15,17H2,3-4H3/b25-24+. The molecule has 1 N–H and O–H groups in total. The molecule has 0 fully saturated rings. The molecule has 0 saturated heterocycles. The molecule has 0 unspecified atom stereocenters. The molecular formula is C25H29ClF2N4O3. The van der Waals surface area contributed by atoms with E-state index < -0.39 is 11.6 Å². The van der Waals surface area contributed by atoms with Crippen molar-refractivity contribution in [2.24, 2.45) is 4.99 Å². The molecule has 188 valence electrons. The number of rotatable bonds is 14. The van der Waals surface area contributed by atoms with Crippen LogP contribution in [0.2, 0.25) is 5.02 Å². The fourth-order valence-electron chi connectivity index (χ4n) is 3.20. The van der Waals surface area contributed by atoms with Gasteiger partial charge in [-0.2, -0.15) is 0 Å². The van der Waals surface area contributed by atoms with Gasteiger partial charge in [0.05, 0.1) is 5.70 Å². The number of carbonyl (C=O) groups excluding carboxylic acids is 1. The van der Waals surface area contributed by atoms with Gasteiger partial charge in [-0.3, -0.25) is 4.79 Å². The summed E-state index contributed by atoms with van der Waals surface area (Å²) in [5.41, 5.74) is 1.76. The number of likely N-dealkylation sites (N-methyl/N-ethyl adjacent to an activating group) is 1. The van der Waals surface area contributed by atoms with Crippen LogP contribution in [0, 0.1) is 11.6 Å². The van der Waals surface area contributed by atoms with Gasteiger partial charge in [-0.1, -0.05) is 30.3 Å². The number of hydrogen-bond acceptors (Lipinski definition) is 6. The minimum absolute atomic E-state index is 0.00873.